The molecule has 0 spiro atoms. The van der Waals surface area contributed by atoms with Crippen molar-refractivity contribution in [1.29, 1.82) is 0 Å². The SMILES string of the molecule is CCN(C)CN(C)C. The molecule has 0 unspecified atom stereocenters. The van der Waals surface area contributed by atoms with Gasteiger partial charge in [-0.05, 0) is 27.7 Å². The van der Waals surface area contributed by atoms with Crippen LogP contribution >= 0.6 is 0 Å². The fraction of sp³-hybridized carbons (Fsp3) is 1.00. The van der Waals surface area contributed by atoms with Crippen LogP contribution in [0.15, 0.2) is 0 Å². The zero-order valence-corrected chi connectivity index (χ0v) is 6.31. The van der Waals surface area contributed by atoms with E-state index < -0.39 is 0 Å². The Balaban J connectivity index is 3.10. The van der Waals surface area contributed by atoms with Gasteiger partial charge in [-0.2, -0.15) is 0 Å². The molecule has 0 aromatic rings. The van der Waals surface area contributed by atoms with Gasteiger partial charge in [-0.15, -0.1) is 0 Å². The molecule has 0 saturated heterocycles. The van der Waals surface area contributed by atoms with Crippen molar-refractivity contribution in [3.05, 3.63) is 0 Å². The molecule has 2 nitrogen and oxygen atoms in total. The Bertz CT molecular complexity index is 52.5. The van der Waals surface area contributed by atoms with Gasteiger partial charge in [0.15, 0.2) is 0 Å². The zero-order valence-electron chi connectivity index (χ0n) is 6.31. The number of hydrogen-bond donors (Lipinski definition) is 0. The molecule has 2 heteroatoms. The van der Waals surface area contributed by atoms with Crippen LogP contribution in [0.5, 0.6) is 0 Å². The molecular formula is C6H16N2. The monoisotopic (exact) mass is 116 g/mol. The van der Waals surface area contributed by atoms with Gasteiger partial charge >= 0.3 is 0 Å². The van der Waals surface area contributed by atoms with Crippen molar-refractivity contribution in [1.82, 2.24) is 9.80 Å². The number of hydrogen-bond acceptors (Lipinski definition) is 2. The Kier molecular flexibility index (Phi) is 3.83. The first-order valence-electron chi connectivity index (χ1n) is 3.00. The third-order valence-electron chi connectivity index (χ3n) is 1.06. The summed E-state index contributed by atoms with van der Waals surface area (Å²) in [6, 6.07) is 0. The highest BCUT2D eigenvalue weighted by Gasteiger charge is 1.92. The van der Waals surface area contributed by atoms with Gasteiger partial charge in [0.05, 0.1) is 0 Å². The van der Waals surface area contributed by atoms with Crippen molar-refractivity contribution in [3.63, 3.8) is 0 Å². The van der Waals surface area contributed by atoms with E-state index in [1.165, 1.54) is 0 Å². The second-order valence-electron chi connectivity index (χ2n) is 2.39. The molecule has 0 saturated carbocycles. The molecule has 0 aromatic heterocycles. The molecule has 0 atom stereocenters. The highest BCUT2D eigenvalue weighted by atomic mass is 15.3. The van der Waals surface area contributed by atoms with Crippen LogP contribution in [0.2, 0.25) is 0 Å². The maximum absolute atomic E-state index is 2.25. The minimum Gasteiger partial charge on any atom is -0.297 e. The molecule has 0 fully saturated rings. The van der Waals surface area contributed by atoms with Crippen LogP contribution in [0, 0.1) is 0 Å². The first-order chi connectivity index (χ1) is 3.66. The van der Waals surface area contributed by atoms with E-state index in [-0.39, 0.29) is 0 Å². The summed E-state index contributed by atoms with van der Waals surface area (Å²) in [4.78, 5) is 4.41. The average Bonchev–Trinajstić information content (AvgIpc) is 1.65. The normalized spacial score (nSPS) is 11.2. The van der Waals surface area contributed by atoms with E-state index in [0.29, 0.717) is 0 Å². The number of nitrogens with zero attached hydrogens (tertiary/aromatic N) is 2. The van der Waals surface area contributed by atoms with Crippen LogP contribution in [-0.2, 0) is 0 Å². The molecule has 8 heavy (non-hydrogen) atoms. The van der Waals surface area contributed by atoms with Crippen LogP contribution < -0.4 is 0 Å². The molecule has 0 amide bonds. The van der Waals surface area contributed by atoms with Crippen LogP contribution in [0.25, 0.3) is 0 Å². The van der Waals surface area contributed by atoms with E-state index >= 15 is 0 Å². The van der Waals surface area contributed by atoms with Crippen molar-refractivity contribution in [3.8, 4) is 0 Å². The molecule has 0 aromatic carbocycles. The van der Waals surface area contributed by atoms with Crippen LogP contribution in [0.3, 0.4) is 0 Å². The predicted octanol–water partition coefficient (Wildman–Crippen LogP) is 0.457. The van der Waals surface area contributed by atoms with Crippen LogP contribution in [0.1, 0.15) is 6.92 Å². The van der Waals surface area contributed by atoms with E-state index in [0.717, 1.165) is 13.2 Å². The molecular weight excluding hydrogens is 100 g/mol. The first kappa shape index (κ1) is 7.92. The van der Waals surface area contributed by atoms with Gasteiger partial charge in [-0.3, -0.25) is 9.80 Å². The topological polar surface area (TPSA) is 6.48 Å². The second kappa shape index (κ2) is 3.87. The number of rotatable bonds is 3. The Morgan fingerprint density at radius 3 is 1.75 bits per heavy atom. The molecule has 0 N–H and O–H groups in total. The molecule has 0 aliphatic heterocycles. The zero-order chi connectivity index (χ0) is 6.57. The third kappa shape index (κ3) is 4.09. The standard InChI is InChI=1S/C6H16N2/c1-5-8(4)6-7(2)3/h5-6H2,1-4H3. The van der Waals surface area contributed by atoms with Crippen molar-refractivity contribution < 1.29 is 0 Å². The fourth-order valence-corrected chi connectivity index (χ4v) is 0.583. The van der Waals surface area contributed by atoms with E-state index in [1.807, 2.05) is 0 Å². The third-order valence-corrected chi connectivity index (χ3v) is 1.06. The van der Waals surface area contributed by atoms with Gasteiger partial charge < -0.3 is 0 Å². The van der Waals surface area contributed by atoms with Crippen molar-refractivity contribution in [2.45, 2.75) is 6.92 Å². The van der Waals surface area contributed by atoms with Crippen molar-refractivity contribution >= 4 is 0 Å². The highest BCUT2D eigenvalue weighted by molar-refractivity contribution is 4.41. The van der Waals surface area contributed by atoms with Gasteiger partial charge in [-0.25, -0.2) is 0 Å². The smallest absolute Gasteiger partial charge is 0.0497 e. The Hall–Kier alpha value is -0.0800. The molecule has 0 aliphatic rings. The second-order valence-corrected chi connectivity index (χ2v) is 2.39. The molecule has 0 radical (unpaired) electrons. The van der Waals surface area contributed by atoms with E-state index in [9.17, 15) is 0 Å². The summed E-state index contributed by atoms with van der Waals surface area (Å²) in [6.07, 6.45) is 0. The van der Waals surface area contributed by atoms with Gasteiger partial charge in [0.1, 0.15) is 0 Å². The fourth-order valence-electron chi connectivity index (χ4n) is 0.583. The molecule has 0 bridgehead atoms. The largest absolute Gasteiger partial charge is 0.297 e. The van der Waals surface area contributed by atoms with Gasteiger partial charge in [0, 0.05) is 6.67 Å². The summed E-state index contributed by atoms with van der Waals surface area (Å²) >= 11 is 0. The molecule has 0 heterocycles. The van der Waals surface area contributed by atoms with Gasteiger partial charge in [-0.1, -0.05) is 6.92 Å². The van der Waals surface area contributed by atoms with E-state index in [2.05, 4.69) is 37.9 Å². The summed E-state index contributed by atoms with van der Waals surface area (Å²) in [5.74, 6) is 0. The lowest BCUT2D eigenvalue weighted by Crippen LogP contribution is -2.29. The van der Waals surface area contributed by atoms with E-state index in [1.54, 1.807) is 0 Å². The highest BCUT2D eigenvalue weighted by Crippen LogP contribution is 1.80. The maximum atomic E-state index is 2.25. The van der Waals surface area contributed by atoms with Crippen LogP contribution in [0.4, 0.5) is 0 Å². The quantitative estimate of drug-likeness (QED) is 0.494. The first-order valence-corrected chi connectivity index (χ1v) is 3.00. The van der Waals surface area contributed by atoms with Gasteiger partial charge in [0.2, 0.25) is 0 Å². The minimum absolute atomic E-state index is 1.05. The molecule has 0 rings (SSSR count). The van der Waals surface area contributed by atoms with Crippen LogP contribution in [-0.4, -0.2) is 44.2 Å². The Morgan fingerprint density at radius 2 is 1.62 bits per heavy atom. The summed E-state index contributed by atoms with van der Waals surface area (Å²) in [5, 5.41) is 0. The lowest BCUT2D eigenvalue weighted by atomic mass is 10.6. The van der Waals surface area contributed by atoms with E-state index in [4.69, 9.17) is 0 Å². The molecule has 50 valence electrons. The summed E-state index contributed by atoms with van der Waals surface area (Å²) in [6.45, 7) is 4.33. The van der Waals surface area contributed by atoms with Crippen molar-refractivity contribution in [2.24, 2.45) is 0 Å². The van der Waals surface area contributed by atoms with Crippen molar-refractivity contribution in [2.75, 3.05) is 34.4 Å². The Labute approximate surface area is 52.1 Å². The lowest BCUT2D eigenvalue weighted by Gasteiger charge is -2.18. The minimum atomic E-state index is 1.05. The molecule has 0 aliphatic carbocycles. The maximum Gasteiger partial charge on any atom is 0.0497 e. The summed E-state index contributed by atoms with van der Waals surface area (Å²) < 4.78 is 0. The Morgan fingerprint density at radius 1 is 1.12 bits per heavy atom. The summed E-state index contributed by atoms with van der Waals surface area (Å²) in [5.41, 5.74) is 0. The van der Waals surface area contributed by atoms with Gasteiger partial charge in [0.25, 0.3) is 0 Å². The predicted molar refractivity (Wildman–Crippen MR) is 36.9 cm³/mol. The summed E-state index contributed by atoms with van der Waals surface area (Å²) in [7, 11) is 6.26. The lowest BCUT2D eigenvalue weighted by molar-refractivity contribution is 0.219. The average molecular weight is 116 g/mol.